The van der Waals surface area contributed by atoms with Crippen LogP contribution in [0.25, 0.3) is 0 Å². The van der Waals surface area contributed by atoms with Crippen molar-refractivity contribution in [1.29, 1.82) is 5.26 Å². The van der Waals surface area contributed by atoms with Crippen molar-refractivity contribution >= 4 is 5.91 Å². The van der Waals surface area contributed by atoms with E-state index in [-0.39, 0.29) is 12.0 Å². The van der Waals surface area contributed by atoms with Crippen LogP contribution in [0.5, 0.6) is 0 Å². The van der Waals surface area contributed by atoms with Crippen LogP contribution in [-0.2, 0) is 4.79 Å². The van der Waals surface area contributed by atoms with E-state index in [1.165, 1.54) is 6.42 Å². The van der Waals surface area contributed by atoms with Gasteiger partial charge in [-0.1, -0.05) is 12.8 Å². The van der Waals surface area contributed by atoms with Gasteiger partial charge in [0, 0.05) is 25.0 Å². The average Bonchev–Trinajstić information content (AvgIpc) is 2.96. The zero-order chi connectivity index (χ0) is 15.9. The number of carbonyl (C=O) groups excluding carboxylic acids is 1. The van der Waals surface area contributed by atoms with Crippen LogP contribution in [0, 0.1) is 17.2 Å². The standard InChI is InChI=1S/C17H29N3O2/c1-2-19(12-6-10-18)17(22)13-20-11-5-8-15(20)14-7-3-4-9-16(14)21/h14-16,21H,2-9,11-13H2,1H3/t14-,15-,16-/m1/s1. The fourth-order valence-electron chi connectivity index (χ4n) is 4.04. The fraction of sp³-hybridized carbons (Fsp3) is 0.882. The molecule has 2 fully saturated rings. The first-order valence-corrected chi connectivity index (χ1v) is 8.74. The number of rotatable bonds is 6. The summed E-state index contributed by atoms with van der Waals surface area (Å²) in [6.45, 7) is 4.53. The Kier molecular flexibility index (Phi) is 6.66. The molecule has 22 heavy (non-hydrogen) atoms. The summed E-state index contributed by atoms with van der Waals surface area (Å²) in [5.74, 6) is 0.452. The van der Waals surface area contributed by atoms with E-state index in [9.17, 15) is 9.90 Å². The summed E-state index contributed by atoms with van der Waals surface area (Å²) in [6, 6.07) is 2.46. The number of hydrogen-bond donors (Lipinski definition) is 1. The van der Waals surface area contributed by atoms with Gasteiger partial charge in [-0.15, -0.1) is 0 Å². The van der Waals surface area contributed by atoms with Crippen LogP contribution in [0.1, 0.15) is 51.9 Å². The van der Waals surface area contributed by atoms with Crippen molar-refractivity contribution in [2.75, 3.05) is 26.2 Å². The quantitative estimate of drug-likeness (QED) is 0.812. The molecule has 0 aromatic carbocycles. The summed E-state index contributed by atoms with van der Waals surface area (Å²) >= 11 is 0. The summed E-state index contributed by atoms with van der Waals surface area (Å²) in [6.07, 6.45) is 6.73. The maximum Gasteiger partial charge on any atom is 0.236 e. The van der Waals surface area contributed by atoms with Gasteiger partial charge in [0.15, 0.2) is 0 Å². The lowest BCUT2D eigenvalue weighted by Crippen LogP contribution is -2.47. The van der Waals surface area contributed by atoms with Crippen LogP contribution in [0.2, 0.25) is 0 Å². The fourth-order valence-corrected chi connectivity index (χ4v) is 4.04. The lowest BCUT2D eigenvalue weighted by atomic mass is 9.80. The van der Waals surface area contributed by atoms with E-state index in [0.717, 1.165) is 38.6 Å². The summed E-state index contributed by atoms with van der Waals surface area (Å²) in [5.41, 5.74) is 0. The molecule has 1 aliphatic heterocycles. The molecule has 1 amide bonds. The van der Waals surface area contributed by atoms with Crippen LogP contribution in [0.3, 0.4) is 0 Å². The van der Waals surface area contributed by atoms with Gasteiger partial charge in [-0.3, -0.25) is 9.69 Å². The van der Waals surface area contributed by atoms with Crippen LogP contribution in [0.4, 0.5) is 0 Å². The van der Waals surface area contributed by atoms with Crippen molar-refractivity contribution in [2.45, 2.75) is 64.0 Å². The topological polar surface area (TPSA) is 67.6 Å². The molecule has 1 saturated carbocycles. The molecule has 124 valence electrons. The molecule has 3 atom stereocenters. The SMILES string of the molecule is CCN(CCC#N)C(=O)CN1CCC[C@@H]1[C@H]1CCCC[C@H]1O. The highest BCUT2D eigenvalue weighted by atomic mass is 16.3. The van der Waals surface area contributed by atoms with Gasteiger partial charge in [0.1, 0.15) is 0 Å². The van der Waals surface area contributed by atoms with Crippen molar-refractivity contribution in [3.8, 4) is 6.07 Å². The minimum Gasteiger partial charge on any atom is -0.393 e. The Morgan fingerprint density at radius 1 is 1.32 bits per heavy atom. The molecule has 0 spiro atoms. The number of nitriles is 1. The van der Waals surface area contributed by atoms with Crippen molar-refractivity contribution in [1.82, 2.24) is 9.80 Å². The molecule has 2 rings (SSSR count). The van der Waals surface area contributed by atoms with Gasteiger partial charge in [-0.2, -0.15) is 5.26 Å². The molecule has 5 heteroatoms. The zero-order valence-electron chi connectivity index (χ0n) is 13.7. The normalized spacial score (nSPS) is 29.2. The van der Waals surface area contributed by atoms with Crippen molar-refractivity contribution in [3.05, 3.63) is 0 Å². The number of likely N-dealkylation sites (N-methyl/N-ethyl adjacent to an activating group) is 1. The number of amides is 1. The summed E-state index contributed by atoms with van der Waals surface area (Å²) in [7, 11) is 0. The molecule has 2 aliphatic rings. The highest BCUT2D eigenvalue weighted by Gasteiger charge is 2.37. The van der Waals surface area contributed by atoms with Crippen molar-refractivity contribution in [3.63, 3.8) is 0 Å². The third-order valence-corrected chi connectivity index (χ3v) is 5.26. The van der Waals surface area contributed by atoms with E-state index in [1.807, 2.05) is 6.92 Å². The molecule has 0 bridgehead atoms. The number of nitrogens with zero attached hydrogens (tertiary/aromatic N) is 3. The molecular formula is C17H29N3O2. The first-order valence-electron chi connectivity index (χ1n) is 8.74. The first kappa shape index (κ1) is 17.2. The summed E-state index contributed by atoms with van der Waals surface area (Å²) < 4.78 is 0. The smallest absolute Gasteiger partial charge is 0.236 e. The molecule has 5 nitrogen and oxygen atoms in total. The second kappa shape index (κ2) is 8.50. The lowest BCUT2D eigenvalue weighted by Gasteiger charge is -2.37. The van der Waals surface area contributed by atoms with Gasteiger partial charge >= 0.3 is 0 Å². The van der Waals surface area contributed by atoms with E-state index in [0.29, 0.717) is 38.0 Å². The zero-order valence-corrected chi connectivity index (χ0v) is 13.7. The van der Waals surface area contributed by atoms with Gasteiger partial charge in [0.25, 0.3) is 0 Å². The van der Waals surface area contributed by atoms with E-state index in [1.54, 1.807) is 4.90 Å². The van der Waals surface area contributed by atoms with Crippen LogP contribution in [0.15, 0.2) is 0 Å². The minimum atomic E-state index is -0.199. The molecule has 0 aromatic rings. The molecule has 0 unspecified atom stereocenters. The predicted molar refractivity (Wildman–Crippen MR) is 85.0 cm³/mol. The third-order valence-electron chi connectivity index (χ3n) is 5.26. The number of carbonyl (C=O) groups is 1. The van der Waals surface area contributed by atoms with E-state index in [2.05, 4.69) is 11.0 Å². The summed E-state index contributed by atoms with van der Waals surface area (Å²) in [4.78, 5) is 16.5. The largest absolute Gasteiger partial charge is 0.393 e. The molecule has 1 heterocycles. The Labute approximate surface area is 133 Å². The third kappa shape index (κ3) is 4.21. The Balaban J connectivity index is 1.92. The highest BCUT2D eigenvalue weighted by Crippen LogP contribution is 2.34. The van der Waals surface area contributed by atoms with E-state index < -0.39 is 0 Å². The second-order valence-electron chi connectivity index (χ2n) is 6.58. The number of aliphatic hydroxyl groups excluding tert-OH is 1. The minimum absolute atomic E-state index is 0.120. The van der Waals surface area contributed by atoms with Crippen LogP contribution < -0.4 is 0 Å². The molecular weight excluding hydrogens is 278 g/mol. The van der Waals surface area contributed by atoms with Crippen molar-refractivity contribution in [2.24, 2.45) is 5.92 Å². The van der Waals surface area contributed by atoms with Gasteiger partial charge in [0.05, 0.1) is 25.1 Å². The van der Waals surface area contributed by atoms with Crippen LogP contribution >= 0.6 is 0 Å². The Hall–Kier alpha value is -1.12. The van der Waals surface area contributed by atoms with Gasteiger partial charge < -0.3 is 10.0 Å². The number of hydrogen-bond acceptors (Lipinski definition) is 4. The molecule has 1 saturated heterocycles. The highest BCUT2D eigenvalue weighted by molar-refractivity contribution is 5.78. The Morgan fingerprint density at radius 3 is 2.77 bits per heavy atom. The first-order chi connectivity index (χ1) is 10.7. The Morgan fingerprint density at radius 2 is 2.09 bits per heavy atom. The summed E-state index contributed by atoms with van der Waals surface area (Å²) in [5, 5.41) is 19.0. The maximum absolute atomic E-state index is 12.5. The van der Waals surface area contributed by atoms with Crippen LogP contribution in [-0.4, -0.2) is 59.1 Å². The van der Waals surface area contributed by atoms with Crippen molar-refractivity contribution < 1.29 is 9.90 Å². The van der Waals surface area contributed by atoms with E-state index >= 15 is 0 Å². The molecule has 0 aromatic heterocycles. The maximum atomic E-state index is 12.5. The molecule has 0 radical (unpaired) electrons. The molecule has 1 aliphatic carbocycles. The van der Waals surface area contributed by atoms with Gasteiger partial charge in [0.2, 0.25) is 5.91 Å². The lowest BCUT2D eigenvalue weighted by molar-refractivity contribution is -0.133. The second-order valence-corrected chi connectivity index (χ2v) is 6.58. The monoisotopic (exact) mass is 307 g/mol. The average molecular weight is 307 g/mol. The Bertz CT molecular complexity index is 407. The predicted octanol–water partition coefficient (Wildman–Crippen LogP) is 1.76. The number of likely N-dealkylation sites (tertiary alicyclic amines) is 1. The van der Waals surface area contributed by atoms with Gasteiger partial charge in [-0.25, -0.2) is 0 Å². The number of aliphatic hydroxyl groups is 1. The van der Waals surface area contributed by atoms with Gasteiger partial charge in [-0.05, 0) is 39.2 Å². The van der Waals surface area contributed by atoms with E-state index in [4.69, 9.17) is 5.26 Å². The molecule has 1 N–H and O–H groups in total.